The second-order valence-electron chi connectivity index (χ2n) is 8.36. The number of hydrogen-bond acceptors (Lipinski definition) is 4. The van der Waals surface area contributed by atoms with E-state index in [1.54, 1.807) is 12.1 Å². The van der Waals surface area contributed by atoms with Gasteiger partial charge in [-0.25, -0.2) is 4.79 Å². The molecule has 0 bridgehead atoms. The lowest BCUT2D eigenvalue weighted by Crippen LogP contribution is -2.26. The van der Waals surface area contributed by atoms with Crippen molar-refractivity contribution < 1.29 is 14.3 Å². The van der Waals surface area contributed by atoms with Gasteiger partial charge in [-0.3, -0.25) is 4.79 Å². The summed E-state index contributed by atoms with van der Waals surface area (Å²) in [5.41, 5.74) is 2.65. The van der Waals surface area contributed by atoms with E-state index in [2.05, 4.69) is 26.1 Å². The van der Waals surface area contributed by atoms with Gasteiger partial charge in [0.15, 0.2) is 0 Å². The van der Waals surface area contributed by atoms with E-state index in [-0.39, 0.29) is 23.7 Å². The van der Waals surface area contributed by atoms with E-state index in [0.29, 0.717) is 21.5 Å². The van der Waals surface area contributed by atoms with Crippen LogP contribution < -0.4 is 5.32 Å². The highest BCUT2D eigenvalue weighted by Crippen LogP contribution is 2.44. The molecule has 1 aromatic heterocycles. The van der Waals surface area contributed by atoms with Gasteiger partial charge in [-0.2, -0.15) is 0 Å². The Balaban J connectivity index is 1.84. The summed E-state index contributed by atoms with van der Waals surface area (Å²) in [6.07, 6.45) is 3.03. The summed E-state index contributed by atoms with van der Waals surface area (Å²) < 4.78 is 5.01. The van der Waals surface area contributed by atoms with Gasteiger partial charge >= 0.3 is 5.97 Å². The third-order valence-corrected chi connectivity index (χ3v) is 6.83. The number of thiophene rings is 1. The van der Waals surface area contributed by atoms with Crippen molar-refractivity contribution in [1.29, 1.82) is 0 Å². The van der Waals surface area contributed by atoms with E-state index in [4.69, 9.17) is 16.3 Å². The summed E-state index contributed by atoms with van der Waals surface area (Å²) in [5.74, 6) is 0.0220. The smallest absolute Gasteiger partial charge is 0.341 e. The Morgan fingerprint density at radius 3 is 2.54 bits per heavy atom. The topological polar surface area (TPSA) is 55.4 Å². The average Bonchev–Trinajstić information content (AvgIpc) is 2.99. The van der Waals surface area contributed by atoms with Gasteiger partial charge in [0.1, 0.15) is 5.00 Å². The SMILES string of the molecule is COC(=O)c1c(NC(=O)Cc2ccc(Cl)cc2)sc2c1CCC(C(C)(C)C)C2. The molecule has 1 amide bonds. The molecule has 1 aliphatic rings. The molecule has 2 aromatic rings. The first kappa shape index (κ1) is 20.9. The Morgan fingerprint density at radius 2 is 1.93 bits per heavy atom. The Morgan fingerprint density at radius 1 is 1.25 bits per heavy atom. The maximum atomic E-state index is 12.6. The van der Waals surface area contributed by atoms with Crippen molar-refractivity contribution in [3.63, 3.8) is 0 Å². The molecule has 4 nitrogen and oxygen atoms in total. The molecule has 0 spiro atoms. The maximum absolute atomic E-state index is 12.6. The first-order valence-corrected chi connectivity index (χ1v) is 10.7. The predicted molar refractivity (Wildman–Crippen MR) is 114 cm³/mol. The van der Waals surface area contributed by atoms with Crippen LogP contribution in [0.2, 0.25) is 5.02 Å². The number of halogens is 1. The number of esters is 1. The number of carbonyl (C=O) groups is 2. The number of ether oxygens (including phenoxy) is 1. The van der Waals surface area contributed by atoms with Crippen LogP contribution in [0.4, 0.5) is 5.00 Å². The summed E-state index contributed by atoms with van der Waals surface area (Å²) in [5, 5.41) is 4.18. The second kappa shape index (κ2) is 8.26. The number of amides is 1. The molecule has 1 aliphatic carbocycles. The van der Waals surface area contributed by atoms with Crippen LogP contribution >= 0.6 is 22.9 Å². The van der Waals surface area contributed by atoms with Gasteiger partial charge < -0.3 is 10.1 Å². The molecule has 0 radical (unpaired) electrons. The molecule has 1 unspecified atom stereocenters. The highest BCUT2D eigenvalue weighted by Gasteiger charge is 2.34. The minimum absolute atomic E-state index is 0.154. The Kier molecular flexibility index (Phi) is 6.15. The number of benzene rings is 1. The van der Waals surface area contributed by atoms with E-state index in [0.717, 1.165) is 30.4 Å². The van der Waals surface area contributed by atoms with Crippen molar-refractivity contribution in [2.45, 2.75) is 46.5 Å². The second-order valence-corrected chi connectivity index (χ2v) is 9.90. The molecule has 1 N–H and O–H groups in total. The zero-order valence-electron chi connectivity index (χ0n) is 16.7. The summed E-state index contributed by atoms with van der Waals surface area (Å²) in [7, 11) is 1.38. The standard InChI is InChI=1S/C22H26ClNO3S/c1-22(2,3)14-7-10-16-17(12-14)28-20(19(16)21(26)27-4)24-18(25)11-13-5-8-15(23)9-6-13/h5-6,8-9,14H,7,10-12H2,1-4H3,(H,24,25). The Bertz CT molecular complexity index is 880. The number of fused-ring (bicyclic) bond motifs is 1. The van der Waals surface area contributed by atoms with Crippen LogP contribution in [-0.4, -0.2) is 19.0 Å². The van der Waals surface area contributed by atoms with Gasteiger partial charge in [-0.1, -0.05) is 44.5 Å². The number of nitrogens with one attached hydrogen (secondary N) is 1. The quantitative estimate of drug-likeness (QED) is 0.663. The molecular formula is C22H26ClNO3S. The highest BCUT2D eigenvalue weighted by atomic mass is 35.5. The molecule has 28 heavy (non-hydrogen) atoms. The number of anilines is 1. The fourth-order valence-electron chi connectivity index (χ4n) is 3.69. The van der Waals surface area contributed by atoms with E-state index in [9.17, 15) is 9.59 Å². The molecule has 6 heteroatoms. The molecular weight excluding hydrogens is 394 g/mol. The van der Waals surface area contributed by atoms with Gasteiger partial charge in [-0.15, -0.1) is 11.3 Å². The van der Waals surface area contributed by atoms with Gasteiger partial charge in [0.25, 0.3) is 0 Å². The molecule has 150 valence electrons. The zero-order chi connectivity index (χ0) is 20.5. The van der Waals surface area contributed by atoms with Gasteiger partial charge in [0, 0.05) is 9.90 Å². The van der Waals surface area contributed by atoms with Crippen molar-refractivity contribution in [2.24, 2.45) is 11.3 Å². The van der Waals surface area contributed by atoms with Crippen LogP contribution in [-0.2, 0) is 28.8 Å². The predicted octanol–water partition coefficient (Wildman–Crippen LogP) is 5.52. The molecule has 0 fully saturated rings. The Labute approximate surface area is 175 Å². The first-order valence-electron chi connectivity index (χ1n) is 9.46. The van der Waals surface area contributed by atoms with Crippen LogP contribution in [0.5, 0.6) is 0 Å². The van der Waals surface area contributed by atoms with Crippen molar-refractivity contribution in [3.8, 4) is 0 Å². The summed E-state index contributed by atoms with van der Waals surface area (Å²) in [6, 6.07) is 7.19. The number of hydrogen-bond donors (Lipinski definition) is 1. The summed E-state index contributed by atoms with van der Waals surface area (Å²) >= 11 is 7.41. The molecule has 0 saturated heterocycles. The normalized spacial score (nSPS) is 16.4. The minimum Gasteiger partial charge on any atom is -0.465 e. The van der Waals surface area contributed by atoms with E-state index in [1.165, 1.54) is 23.3 Å². The van der Waals surface area contributed by atoms with Crippen molar-refractivity contribution in [2.75, 3.05) is 12.4 Å². The molecule has 0 saturated carbocycles. The number of carbonyl (C=O) groups excluding carboxylic acids is 2. The summed E-state index contributed by atoms with van der Waals surface area (Å²) in [6.45, 7) is 6.77. The van der Waals surface area contributed by atoms with Crippen LogP contribution in [0.3, 0.4) is 0 Å². The molecule has 1 atom stereocenters. The molecule has 1 heterocycles. The molecule has 1 aromatic carbocycles. The van der Waals surface area contributed by atoms with Crippen molar-refractivity contribution >= 4 is 39.8 Å². The largest absolute Gasteiger partial charge is 0.465 e. The van der Waals surface area contributed by atoms with E-state index < -0.39 is 0 Å². The van der Waals surface area contributed by atoms with Crippen molar-refractivity contribution in [1.82, 2.24) is 0 Å². The fourth-order valence-corrected chi connectivity index (χ4v) is 5.15. The zero-order valence-corrected chi connectivity index (χ0v) is 18.3. The fraction of sp³-hybridized carbons (Fsp3) is 0.455. The number of rotatable bonds is 4. The van der Waals surface area contributed by atoms with Crippen molar-refractivity contribution in [3.05, 3.63) is 50.9 Å². The molecule has 0 aliphatic heterocycles. The van der Waals surface area contributed by atoms with Crippen LogP contribution in [0.25, 0.3) is 0 Å². The molecule has 3 rings (SSSR count). The monoisotopic (exact) mass is 419 g/mol. The van der Waals surface area contributed by atoms with Crippen LogP contribution in [0, 0.1) is 11.3 Å². The van der Waals surface area contributed by atoms with Crippen LogP contribution in [0.1, 0.15) is 53.6 Å². The lowest BCUT2D eigenvalue weighted by molar-refractivity contribution is -0.115. The third-order valence-electron chi connectivity index (χ3n) is 5.41. The van der Waals surface area contributed by atoms with E-state index in [1.807, 2.05) is 12.1 Å². The van der Waals surface area contributed by atoms with Gasteiger partial charge in [-0.05, 0) is 53.9 Å². The van der Waals surface area contributed by atoms with Gasteiger partial charge in [0.05, 0.1) is 19.1 Å². The average molecular weight is 420 g/mol. The van der Waals surface area contributed by atoms with E-state index >= 15 is 0 Å². The highest BCUT2D eigenvalue weighted by molar-refractivity contribution is 7.17. The lowest BCUT2D eigenvalue weighted by Gasteiger charge is -2.33. The number of methoxy groups -OCH3 is 1. The van der Waals surface area contributed by atoms with Crippen LogP contribution in [0.15, 0.2) is 24.3 Å². The Hall–Kier alpha value is -1.85. The lowest BCUT2D eigenvalue weighted by atomic mass is 9.72. The first-order chi connectivity index (χ1) is 13.2. The third kappa shape index (κ3) is 4.58. The van der Waals surface area contributed by atoms with Gasteiger partial charge in [0.2, 0.25) is 5.91 Å². The maximum Gasteiger partial charge on any atom is 0.341 e. The summed E-state index contributed by atoms with van der Waals surface area (Å²) in [4.78, 5) is 26.2. The minimum atomic E-state index is -0.381.